The zero-order valence-corrected chi connectivity index (χ0v) is 13.7. The second kappa shape index (κ2) is 7.80. The number of para-hydroxylation sites is 1. The van der Waals surface area contributed by atoms with E-state index in [2.05, 4.69) is 16.4 Å². The van der Waals surface area contributed by atoms with Gasteiger partial charge in [0.05, 0.1) is 18.9 Å². The first kappa shape index (κ1) is 16.3. The number of nitrogens with zero attached hydrogens (tertiary/aromatic N) is 1. The minimum absolute atomic E-state index is 0.105. The number of hydrogen-bond donors (Lipinski definition) is 1. The van der Waals surface area contributed by atoms with Gasteiger partial charge in [-0.2, -0.15) is 0 Å². The molecule has 1 aromatic heterocycles. The van der Waals surface area contributed by atoms with Crippen molar-refractivity contribution in [3.8, 4) is 11.5 Å². The zero-order chi connectivity index (χ0) is 15.9. The molecule has 118 valence electrons. The number of benzene rings is 1. The van der Waals surface area contributed by atoms with Crippen LogP contribution in [-0.2, 0) is 13.1 Å². The highest BCUT2D eigenvalue weighted by atomic mass is 16.5. The molecule has 0 aliphatic rings. The van der Waals surface area contributed by atoms with E-state index >= 15 is 0 Å². The minimum atomic E-state index is 0.105. The number of ether oxygens (including phenoxy) is 2. The topological polar surface area (TPSA) is 43.4 Å². The molecule has 0 aliphatic carbocycles. The third-order valence-corrected chi connectivity index (χ3v) is 3.20. The molecule has 0 saturated heterocycles. The summed E-state index contributed by atoms with van der Waals surface area (Å²) in [6.07, 6.45) is 0.105. The summed E-state index contributed by atoms with van der Waals surface area (Å²) in [6, 6.07) is 12.0. The molecule has 0 spiro atoms. The predicted octanol–water partition coefficient (Wildman–Crippen LogP) is 3.48. The van der Waals surface area contributed by atoms with Gasteiger partial charge in [0.15, 0.2) is 11.5 Å². The molecular formula is C18H24N2O2. The molecule has 0 bridgehead atoms. The Morgan fingerprint density at radius 3 is 2.55 bits per heavy atom. The number of methoxy groups -OCH3 is 1. The van der Waals surface area contributed by atoms with Crippen LogP contribution in [0.3, 0.4) is 0 Å². The molecule has 2 rings (SSSR count). The normalized spacial score (nSPS) is 10.8. The molecule has 0 saturated carbocycles. The summed E-state index contributed by atoms with van der Waals surface area (Å²) >= 11 is 0. The van der Waals surface area contributed by atoms with Crippen LogP contribution in [0.4, 0.5) is 0 Å². The van der Waals surface area contributed by atoms with Crippen LogP contribution in [0, 0.1) is 6.92 Å². The Hall–Kier alpha value is -2.07. The standard InChI is InChI=1S/C18H24N2O2/c1-13(2)22-18-15(8-6-10-17(18)21-4)11-19-12-16-9-5-7-14(3)20-16/h5-10,13,19H,11-12H2,1-4H3. The van der Waals surface area contributed by atoms with Crippen molar-refractivity contribution in [1.82, 2.24) is 10.3 Å². The van der Waals surface area contributed by atoms with E-state index in [0.29, 0.717) is 6.54 Å². The van der Waals surface area contributed by atoms with E-state index < -0.39 is 0 Å². The van der Waals surface area contributed by atoms with Gasteiger partial charge >= 0.3 is 0 Å². The number of aryl methyl sites for hydroxylation is 1. The van der Waals surface area contributed by atoms with Crippen molar-refractivity contribution in [2.45, 2.75) is 40.0 Å². The molecule has 0 aliphatic heterocycles. The first-order valence-corrected chi connectivity index (χ1v) is 7.56. The van der Waals surface area contributed by atoms with Crippen LogP contribution in [-0.4, -0.2) is 18.2 Å². The summed E-state index contributed by atoms with van der Waals surface area (Å²) in [7, 11) is 1.66. The highest BCUT2D eigenvalue weighted by Gasteiger charge is 2.11. The highest BCUT2D eigenvalue weighted by molar-refractivity contribution is 5.46. The maximum atomic E-state index is 5.91. The van der Waals surface area contributed by atoms with Gasteiger partial charge < -0.3 is 14.8 Å². The van der Waals surface area contributed by atoms with Gasteiger partial charge in [0.1, 0.15) is 0 Å². The second-order valence-electron chi connectivity index (χ2n) is 5.49. The third kappa shape index (κ3) is 4.46. The SMILES string of the molecule is COc1cccc(CNCc2cccc(C)n2)c1OC(C)C. The molecule has 22 heavy (non-hydrogen) atoms. The maximum absolute atomic E-state index is 5.91. The summed E-state index contributed by atoms with van der Waals surface area (Å²) in [5.41, 5.74) is 3.15. The van der Waals surface area contributed by atoms with E-state index in [9.17, 15) is 0 Å². The summed E-state index contributed by atoms with van der Waals surface area (Å²) in [5.74, 6) is 1.58. The zero-order valence-electron chi connectivity index (χ0n) is 13.7. The van der Waals surface area contributed by atoms with Crippen molar-refractivity contribution in [2.75, 3.05) is 7.11 Å². The van der Waals surface area contributed by atoms with Crippen LogP contribution in [0.2, 0.25) is 0 Å². The van der Waals surface area contributed by atoms with Crippen molar-refractivity contribution in [1.29, 1.82) is 0 Å². The first-order valence-electron chi connectivity index (χ1n) is 7.56. The molecule has 0 atom stereocenters. The average Bonchev–Trinajstić information content (AvgIpc) is 2.48. The van der Waals surface area contributed by atoms with Crippen molar-refractivity contribution in [3.63, 3.8) is 0 Å². The van der Waals surface area contributed by atoms with Crippen LogP contribution >= 0.6 is 0 Å². The van der Waals surface area contributed by atoms with Crippen LogP contribution in [0.15, 0.2) is 36.4 Å². The predicted molar refractivity (Wildman–Crippen MR) is 88.3 cm³/mol. The Balaban J connectivity index is 2.05. The molecule has 4 heteroatoms. The van der Waals surface area contributed by atoms with Crippen LogP contribution < -0.4 is 14.8 Å². The van der Waals surface area contributed by atoms with Crippen molar-refractivity contribution in [3.05, 3.63) is 53.3 Å². The second-order valence-corrected chi connectivity index (χ2v) is 5.49. The molecule has 1 aromatic carbocycles. The van der Waals surface area contributed by atoms with E-state index in [1.807, 2.05) is 51.1 Å². The summed E-state index contributed by atoms with van der Waals surface area (Å²) in [5, 5.41) is 3.41. The molecule has 1 heterocycles. The lowest BCUT2D eigenvalue weighted by Gasteiger charge is -2.17. The molecule has 0 amide bonds. The van der Waals surface area contributed by atoms with Gasteiger partial charge in [-0.1, -0.05) is 18.2 Å². The summed E-state index contributed by atoms with van der Waals surface area (Å²) < 4.78 is 11.3. The van der Waals surface area contributed by atoms with Crippen molar-refractivity contribution >= 4 is 0 Å². The van der Waals surface area contributed by atoms with Crippen LogP contribution in [0.25, 0.3) is 0 Å². The Bertz CT molecular complexity index is 612. The van der Waals surface area contributed by atoms with E-state index in [4.69, 9.17) is 9.47 Å². The molecule has 0 radical (unpaired) electrons. The van der Waals surface area contributed by atoms with Gasteiger partial charge in [0, 0.05) is 24.3 Å². The monoisotopic (exact) mass is 300 g/mol. The smallest absolute Gasteiger partial charge is 0.166 e. The Kier molecular flexibility index (Phi) is 5.78. The molecule has 4 nitrogen and oxygen atoms in total. The first-order chi connectivity index (χ1) is 10.6. The molecule has 0 fully saturated rings. The average molecular weight is 300 g/mol. The van der Waals surface area contributed by atoms with E-state index in [0.717, 1.165) is 35.0 Å². The highest BCUT2D eigenvalue weighted by Crippen LogP contribution is 2.31. The molecule has 0 unspecified atom stereocenters. The Morgan fingerprint density at radius 2 is 1.86 bits per heavy atom. The minimum Gasteiger partial charge on any atom is -0.493 e. The fourth-order valence-electron chi connectivity index (χ4n) is 2.25. The van der Waals surface area contributed by atoms with E-state index in [1.165, 1.54) is 0 Å². The Morgan fingerprint density at radius 1 is 1.09 bits per heavy atom. The number of hydrogen-bond acceptors (Lipinski definition) is 4. The number of nitrogens with one attached hydrogen (secondary N) is 1. The van der Waals surface area contributed by atoms with Crippen LogP contribution in [0.5, 0.6) is 11.5 Å². The van der Waals surface area contributed by atoms with Gasteiger partial charge in [-0.15, -0.1) is 0 Å². The van der Waals surface area contributed by atoms with Gasteiger partial charge in [-0.25, -0.2) is 0 Å². The number of pyridine rings is 1. The number of rotatable bonds is 7. The van der Waals surface area contributed by atoms with E-state index in [1.54, 1.807) is 7.11 Å². The fourth-order valence-corrected chi connectivity index (χ4v) is 2.25. The molecule has 2 aromatic rings. The van der Waals surface area contributed by atoms with Crippen LogP contribution in [0.1, 0.15) is 30.8 Å². The lowest BCUT2D eigenvalue weighted by molar-refractivity contribution is 0.227. The van der Waals surface area contributed by atoms with E-state index in [-0.39, 0.29) is 6.10 Å². The maximum Gasteiger partial charge on any atom is 0.166 e. The number of aromatic nitrogens is 1. The van der Waals surface area contributed by atoms with Gasteiger partial charge in [0.2, 0.25) is 0 Å². The van der Waals surface area contributed by atoms with Gasteiger partial charge in [0.25, 0.3) is 0 Å². The van der Waals surface area contributed by atoms with Gasteiger partial charge in [-0.05, 0) is 39.0 Å². The fraction of sp³-hybridized carbons (Fsp3) is 0.389. The summed E-state index contributed by atoms with van der Waals surface area (Å²) in [4.78, 5) is 4.49. The third-order valence-electron chi connectivity index (χ3n) is 3.20. The lowest BCUT2D eigenvalue weighted by Crippen LogP contribution is -2.16. The quantitative estimate of drug-likeness (QED) is 0.850. The molecule has 1 N–H and O–H groups in total. The Labute approximate surface area is 132 Å². The largest absolute Gasteiger partial charge is 0.493 e. The lowest BCUT2D eigenvalue weighted by atomic mass is 10.1. The van der Waals surface area contributed by atoms with Gasteiger partial charge in [-0.3, -0.25) is 4.98 Å². The van der Waals surface area contributed by atoms with Crippen molar-refractivity contribution < 1.29 is 9.47 Å². The summed E-state index contributed by atoms with van der Waals surface area (Å²) in [6.45, 7) is 7.45. The molecular weight excluding hydrogens is 276 g/mol. The van der Waals surface area contributed by atoms with Crippen molar-refractivity contribution in [2.24, 2.45) is 0 Å².